The summed E-state index contributed by atoms with van der Waals surface area (Å²) in [5, 5.41) is 4.23. The lowest BCUT2D eigenvalue weighted by molar-refractivity contribution is -0.144. The zero-order valence-corrected chi connectivity index (χ0v) is 15.6. The minimum absolute atomic E-state index is 0.320. The third-order valence-corrected chi connectivity index (χ3v) is 4.40. The van der Waals surface area contributed by atoms with Crippen molar-refractivity contribution in [3.8, 4) is 5.75 Å². The summed E-state index contributed by atoms with van der Waals surface area (Å²) in [5.41, 5.74) is 2.61. The highest BCUT2D eigenvalue weighted by Gasteiger charge is 2.25. The summed E-state index contributed by atoms with van der Waals surface area (Å²) in [6, 6.07) is 12.7. The molecule has 0 saturated carbocycles. The van der Waals surface area contributed by atoms with Crippen LogP contribution in [0.5, 0.6) is 5.75 Å². The second-order valence-corrected chi connectivity index (χ2v) is 6.41. The fraction of sp³-hybridized carbons (Fsp3) is 0.211. The van der Waals surface area contributed by atoms with E-state index in [0.29, 0.717) is 6.61 Å². The molecule has 0 aliphatic carbocycles. The van der Waals surface area contributed by atoms with Gasteiger partial charge in [-0.05, 0) is 49.4 Å². The molecule has 3 rings (SSSR count). The summed E-state index contributed by atoms with van der Waals surface area (Å²) >= 11 is 3.49. The number of ether oxygens (including phenoxy) is 2. The van der Waals surface area contributed by atoms with Gasteiger partial charge in [0.05, 0.1) is 13.7 Å². The van der Waals surface area contributed by atoms with Crippen molar-refractivity contribution in [2.45, 2.75) is 13.0 Å². The highest BCUT2D eigenvalue weighted by molar-refractivity contribution is 9.10. The monoisotopic (exact) mass is 402 g/mol. The van der Waals surface area contributed by atoms with E-state index in [-0.39, 0.29) is 5.97 Å². The average Bonchev–Trinajstić information content (AvgIpc) is 3.03. The second-order valence-electron chi connectivity index (χ2n) is 5.49. The van der Waals surface area contributed by atoms with Gasteiger partial charge < -0.3 is 19.8 Å². The van der Waals surface area contributed by atoms with E-state index in [4.69, 9.17) is 9.47 Å². The molecule has 0 radical (unpaired) electrons. The number of methoxy groups -OCH3 is 1. The van der Waals surface area contributed by atoms with Gasteiger partial charge in [0, 0.05) is 32.8 Å². The molecule has 1 atom stereocenters. The number of anilines is 1. The number of aromatic amines is 1. The first-order valence-corrected chi connectivity index (χ1v) is 8.75. The van der Waals surface area contributed by atoms with Crippen molar-refractivity contribution in [3.05, 3.63) is 58.7 Å². The molecular formula is C19H19BrN2O3. The Morgan fingerprint density at radius 3 is 2.68 bits per heavy atom. The Hall–Kier alpha value is -2.47. The van der Waals surface area contributed by atoms with Gasteiger partial charge in [-0.25, -0.2) is 4.79 Å². The Morgan fingerprint density at radius 1 is 1.24 bits per heavy atom. The van der Waals surface area contributed by atoms with E-state index in [1.54, 1.807) is 14.0 Å². The number of hydrogen-bond acceptors (Lipinski definition) is 4. The lowest BCUT2D eigenvalue weighted by Crippen LogP contribution is -2.23. The van der Waals surface area contributed by atoms with Crippen LogP contribution in [0.3, 0.4) is 0 Å². The molecule has 6 heteroatoms. The third kappa shape index (κ3) is 3.79. The highest BCUT2D eigenvalue weighted by Crippen LogP contribution is 2.30. The van der Waals surface area contributed by atoms with Crippen LogP contribution in [0.1, 0.15) is 18.5 Å². The van der Waals surface area contributed by atoms with Gasteiger partial charge in [0.1, 0.15) is 5.75 Å². The smallest absolute Gasteiger partial charge is 0.333 e. The predicted octanol–water partition coefficient (Wildman–Crippen LogP) is 4.66. The molecule has 130 valence electrons. The number of fused-ring (bicyclic) bond motifs is 1. The fourth-order valence-corrected chi connectivity index (χ4v) is 3.06. The van der Waals surface area contributed by atoms with Crippen LogP contribution in [-0.2, 0) is 9.53 Å². The summed E-state index contributed by atoms with van der Waals surface area (Å²) in [6.07, 6.45) is 1.84. The fourth-order valence-electron chi connectivity index (χ4n) is 2.70. The molecule has 5 nitrogen and oxygen atoms in total. The first-order valence-electron chi connectivity index (χ1n) is 7.96. The minimum atomic E-state index is -0.614. The van der Waals surface area contributed by atoms with E-state index in [2.05, 4.69) is 26.2 Å². The van der Waals surface area contributed by atoms with Crippen molar-refractivity contribution in [2.24, 2.45) is 0 Å². The van der Waals surface area contributed by atoms with Crippen molar-refractivity contribution < 1.29 is 14.3 Å². The van der Waals surface area contributed by atoms with E-state index in [1.165, 1.54) is 0 Å². The molecule has 1 unspecified atom stereocenters. The molecule has 0 aliphatic rings. The molecule has 2 N–H and O–H groups in total. The van der Waals surface area contributed by atoms with Crippen LogP contribution in [0.2, 0.25) is 0 Å². The number of rotatable bonds is 6. The lowest BCUT2D eigenvalue weighted by Gasteiger charge is -2.18. The van der Waals surface area contributed by atoms with E-state index in [1.807, 2.05) is 48.7 Å². The molecule has 1 heterocycles. The largest absolute Gasteiger partial charge is 0.497 e. The molecule has 0 fully saturated rings. The third-order valence-electron chi connectivity index (χ3n) is 3.91. The Kier molecular flexibility index (Phi) is 5.28. The normalized spacial score (nSPS) is 12.0. The van der Waals surface area contributed by atoms with Gasteiger partial charge in [-0.2, -0.15) is 0 Å². The Balaban J connectivity index is 1.98. The van der Waals surface area contributed by atoms with Gasteiger partial charge in [0.2, 0.25) is 0 Å². The van der Waals surface area contributed by atoms with Crippen molar-refractivity contribution in [2.75, 3.05) is 19.0 Å². The zero-order valence-electron chi connectivity index (χ0n) is 14.0. The van der Waals surface area contributed by atoms with E-state index in [0.717, 1.165) is 32.4 Å². The molecule has 3 aromatic rings. The molecule has 0 spiro atoms. The van der Waals surface area contributed by atoms with Gasteiger partial charge in [-0.3, -0.25) is 0 Å². The standard InChI is InChI=1S/C19H19BrN2O3/c1-3-25-19(23)18(22-13-5-7-14(24-2)8-6-13)16-11-21-17-9-4-12(20)10-15(16)17/h4-11,18,21-22H,3H2,1-2H3. The number of nitrogens with one attached hydrogen (secondary N) is 2. The highest BCUT2D eigenvalue weighted by atomic mass is 79.9. The molecule has 0 amide bonds. The van der Waals surface area contributed by atoms with Crippen LogP contribution in [0.25, 0.3) is 10.9 Å². The van der Waals surface area contributed by atoms with Gasteiger partial charge in [-0.15, -0.1) is 0 Å². The maximum Gasteiger partial charge on any atom is 0.333 e. The van der Waals surface area contributed by atoms with Gasteiger partial charge in [0.25, 0.3) is 0 Å². The summed E-state index contributed by atoms with van der Waals surface area (Å²) in [5.74, 6) is 0.438. The van der Waals surface area contributed by atoms with Crippen LogP contribution in [0, 0.1) is 0 Å². The minimum Gasteiger partial charge on any atom is -0.497 e. The van der Waals surface area contributed by atoms with Crippen molar-refractivity contribution in [1.82, 2.24) is 4.98 Å². The first kappa shape index (κ1) is 17.4. The summed E-state index contributed by atoms with van der Waals surface area (Å²) < 4.78 is 11.4. The second kappa shape index (κ2) is 7.61. The number of aromatic nitrogens is 1. The van der Waals surface area contributed by atoms with Gasteiger partial charge >= 0.3 is 5.97 Å². The number of carbonyl (C=O) groups is 1. The van der Waals surface area contributed by atoms with Crippen LogP contribution >= 0.6 is 15.9 Å². The van der Waals surface area contributed by atoms with Gasteiger partial charge in [-0.1, -0.05) is 15.9 Å². The predicted molar refractivity (Wildman–Crippen MR) is 102 cm³/mol. The van der Waals surface area contributed by atoms with Crippen LogP contribution in [0.4, 0.5) is 5.69 Å². The Labute approximate surface area is 154 Å². The summed E-state index contributed by atoms with van der Waals surface area (Å²) in [6.45, 7) is 2.12. The number of benzene rings is 2. The molecular weight excluding hydrogens is 384 g/mol. The summed E-state index contributed by atoms with van der Waals surface area (Å²) in [7, 11) is 1.62. The zero-order chi connectivity index (χ0) is 17.8. The van der Waals surface area contributed by atoms with Crippen molar-refractivity contribution in [3.63, 3.8) is 0 Å². The molecule has 0 saturated heterocycles. The van der Waals surface area contributed by atoms with Crippen molar-refractivity contribution >= 4 is 38.5 Å². The number of carbonyl (C=O) groups excluding carboxylic acids is 1. The summed E-state index contributed by atoms with van der Waals surface area (Å²) in [4.78, 5) is 15.8. The number of hydrogen-bond donors (Lipinski definition) is 2. The van der Waals surface area contributed by atoms with Gasteiger partial charge in [0.15, 0.2) is 6.04 Å². The molecule has 1 aromatic heterocycles. The topological polar surface area (TPSA) is 63.4 Å². The van der Waals surface area contributed by atoms with Crippen LogP contribution < -0.4 is 10.1 Å². The van der Waals surface area contributed by atoms with Crippen molar-refractivity contribution in [1.29, 1.82) is 0 Å². The average molecular weight is 403 g/mol. The number of halogens is 1. The maximum atomic E-state index is 12.6. The number of esters is 1. The number of H-pyrrole nitrogens is 1. The van der Waals surface area contributed by atoms with E-state index >= 15 is 0 Å². The molecule has 25 heavy (non-hydrogen) atoms. The van der Waals surface area contributed by atoms with Crippen LogP contribution in [-0.4, -0.2) is 24.7 Å². The Bertz CT molecular complexity index is 874. The van der Waals surface area contributed by atoms with E-state index in [9.17, 15) is 4.79 Å². The molecule has 0 aliphatic heterocycles. The molecule has 2 aromatic carbocycles. The lowest BCUT2D eigenvalue weighted by atomic mass is 10.1. The Morgan fingerprint density at radius 2 is 2.00 bits per heavy atom. The van der Waals surface area contributed by atoms with Crippen LogP contribution in [0.15, 0.2) is 53.1 Å². The molecule has 0 bridgehead atoms. The quantitative estimate of drug-likeness (QED) is 0.588. The van der Waals surface area contributed by atoms with E-state index < -0.39 is 6.04 Å². The maximum absolute atomic E-state index is 12.6. The SMILES string of the molecule is CCOC(=O)C(Nc1ccc(OC)cc1)c1c[nH]c2ccc(Br)cc12. The first-order chi connectivity index (χ1) is 12.1.